The summed E-state index contributed by atoms with van der Waals surface area (Å²) in [5.74, 6) is 0. The highest BCUT2D eigenvalue weighted by Crippen LogP contribution is 2.08. The number of benzene rings is 1. The van der Waals surface area contributed by atoms with Crippen LogP contribution in [0.4, 0.5) is 4.79 Å². The second kappa shape index (κ2) is 6.81. The monoisotopic (exact) mass is 261 g/mol. The molecule has 1 N–H and O–H groups in total. The number of amides is 1. The van der Waals surface area contributed by atoms with Gasteiger partial charge in [0.1, 0.15) is 0 Å². The molecule has 2 aromatic rings. The summed E-state index contributed by atoms with van der Waals surface area (Å²) in [6.07, 6.45) is 0.409. The van der Waals surface area contributed by atoms with E-state index in [1.807, 2.05) is 47.8 Å². The molecule has 0 aliphatic carbocycles. The first kappa shape index (κ1) is 12.6. The first-order valence-corrected chi connectivity index (χ1v) is 6.69. The Morgan fingerprint density at radius 2 is 2.00 bits per heavy atom. The Kier molecular flexibility index (Phi) is 4.78. The van der Waals surface area contributed by atoms with Crippen molar-refractivity contribution in [2.45, 2.75) is 13.0 Å². The Morgan fingerprint density at radius 1 is 1.17 bits per heavy atom. The minimum absolute atomic E-state index is 0.365. The molecule has 1 amide bonds. The number of alkyl carbamates (subject to hydrolysis) is 1. The molecule has 1 heterocycles. The van der Waals surface area contributed by atoms with Crippen LogP contribution in [0.2, 0.25) is 0 Å². The summed E-state index contributed by atoms with van der Waals surface area (Å²) < 4.78 is 5.09. The maximum absolute atomic E-state index is 11.4. The van der Waals surface area contributed by atoms with E-state index >= 15 is 0 Å². The lowest BCUT2D eigenvalue weighted by Crippen LogP contribution is -2.24. The van der Waals surface area contributed by atoms with E-state index in [0.29, 0.717) is 13.2 Å². The van der Waals surface area contributed by atoms with Crippen molar-refractivity contribution in [1.29, 1.82) is 0 Å². The molecule has 0 radical (unpaired) electrons. The molecule has 0 bridgehead atoms. The number of nitrogens with one attached hydrogen (secondary N) is 1. The second-order valence-electron chi connectivity index (χ2n) is 3.80. The fraction of sp³-hybridized carbons (Fsp3) is 0.214. The minimum atomic E-state index is -0.365. The summed E-state index contributed by atoms with van der Waals surface area (Å²) >= 11 is 1.67. The molecule has 0 atom stereocenters. The molecule has 3 nitrogen and oxygen atoms in total. The van der Waals surface area contributed by atoms with Crippen LogP contribution < -0.4 is 5.32 Å². The molecule has 1 aromatic heterocycles. The van der Waals surface area contributed by atoms with Gasteiger partial charge in [0.25, 0.3) is 0 Å². The van der Waals surface area contributed by atoms with Gasteiger partial charge in [0, 0.05) is 17.8 Å². The van der Waals surface area contributed by atoms with Crippen molar-refractivity contribution in [3.05, 3.63) is 58.3 Å². The zero-order chi connectivity index (χ0) is 12.6. The van der Waals surface area contributed by atoms with Crippen LogP contribution in [0.5, 0.6) is 0 Å². The zero-order valence-electron chi connectivity index (χ0n) is 9.96. The van der Waals surface area contributed by atoms with Crippen LogP contribution in [0.25, 0.3) is 0 Å². The quantitative estimate of drug-likeness (QED) is 0.897. The van der Waals surface area contributed by atoms with E-state index < -0.39 is 0 Å². The molecule has 94 valence electrons. The molecule has 0 fully saturated rings. The highest BCUT2D eigenvalue weighted by molar-refractivity contribution is 7.09. The highest BCUT2D eigenvalue weighted by atomic mass is 32.1. The Labute approximate surface area is 110 Å². The third-order valence-electron chi connectivity index (χ3n) is 2.44. The number of thiophene rings is 1. The van der Waals surface area contributed by atoms with E-state index in [0.717, 1.165) is 12.0 Å². The van der Waals surface area contributed by atoms with Crippen molar-refractivity contribution in [1.82, 2.24) is 5.32 Å². The summed E-state index contributed by atoms with van der Waals surface area (Å²) in [6, 6.07) is 13.8. The first-order chi connectivity index (χ1) is 8.84. The van der Waals surface area contributed by atoms with Crippen LogP contribution in [0.3, 0.4) is 0 Å². The topological polar surface area (TPSA) is 38.3 Å². The molecule has 0 unspecified atom stereocenters. The summed E-state index contributed by atoms with van der Waals surface area (Å²) in [7, 11) is 0. The van der Waals surface area contributed by atoms with Crippen molar-refractivity contribution < 1.29 is 9.53 Å². The molecule has 0 saturated heterocycles. The van der Waals surface area contributed by atoms with E-state index in [9.17, 15) is 4.79 Å². The van der Waals surface area contributed by atoms with E-state index in [4.69, 9.17) is 4.74 Å². The highest BCUT2D eigenvalue weighted by Gasteiger charge is 2.02. The van der Waals surface area contributed by atoms with Gasteiger partial charge in [0.2, 0.25) is 0 Å². The van der Waals surface area contributed by atoms with Gasteiger partial charge in [0.05, 0.1) is 6.61 Å². The van der Waals surface area contributed by atoms with Gasteiger partial charge in [-0.25, -0.2) is 4.79 Å². The van der Waals surface area contributed by atoms with Gasteiger partial charge in [-0.3, -0.25) is 0 Å². The van der Waals surface area contributed by atoms with Crippen LogP contribution in [-0.2, 0) is 17.7 Å². The van der Waals surface area contributed by atoms with Gasteiger partial charge in [0.15, 0.2) is 0 Å². The summed E-state index contributed by atoms with van der Waals surface area (Å²) in [6.45, 7) is 0.916. The lowest BCUT2D eigenvalue weighted by molar-refractivity contribution is 0.147. The molecule has 4 heteroatoms. The molecule has 2 rings (SSSR count). The van der Waals surface area contributed by atoms with Crippen LogP contribution >= 0.6 is 11.3 Å². The largest absolute Gasteiger partial charge is 0.449 e. The van der Waals surface area contributed by atoms with Crippen molar-refractivity contribution in [3.63, 3.8) is 0 Å². The lowest BCUT2D eigenvalue weighted by Gasteiger charge is -2.06. The van der Waals surface area contributed by atoms with Crippen molar-refractivity contribution in [2.24, 2.45) is 0 Å². The molecule has 18 heavy (non-hydrogen) atoms. The molecule has 0 aliphatic heterocycles. The molecule has 0 aliphatic rings. The number of rotatable bonds is 5. The van der Waals surface area contributed by atoms with Gasteiger partial charge >= 0.3 is 6.09 Å². The fourth-order valence-corrected chi connectivity index (χ4v) is 2.21. The maximum Gasteiger partial charge on any atom is 0.407 e. The van der Waals surface area contributed by atoms with Gasteiger partial charge < -0.3 is 10.1 Å². The number of ether oxygens (including phenoxy) is 1. The van der Waals surface area contributed by atoms with Gasteiger partial charge in [-0.2, -0.15) is 0 Å². The first-order valence-electron chi connectivity index (χ1n) is 5.81. The van der Waals surface area contributed by atoms with Crippen molar-refractivity contribution >= 4 is 17.4 Å². The molecule has 0 saturated carbocycles. The Bertz CT molecular complexity index is 468. The van der Waals surface area contributed by atoms with E-state index in [1.54, 1.807) is 11.3 Å². The number of hydrogen-bond donors (Lipinski definition) is 1. The van der Waals surface area contributed by atoms with Crippen LogP contribution in [0, 0.1) is 0 Å². The predicted octanol–water partition coefficient (Wildman–Crippen LogP) is 3.22. The van der Waals surface area contributed by atoms with Gasteiger partial charge in [-0.1, -0.05) is 36.4 Å². The van der Waals surface area contributed by atoms with Crippen molar-refractivity contribution in [3.8, 4) is 0 Å². The zero-order valence-corrected chi connectivity index (χ0v) is 10.8. The average Bonchev–Trinajstić information content (AvgIpc) is 2.91. The normalized spacial score (nSPS) is 10.0. The molecular weight excluding hydrogens is 246 g/mol. The number of carbonyl (C=O) groups is 1. The third-order valence-corrected chi connectivity index (χ3v) is 3.38. The predicted molar refractivity (Wildman–Crippen MR) is 72.7 cm³/mol. The third kappa shape index (κ3) is 4.22. The Morgan fingerprint density at radius 3 is 2.72 bits per heavy atom. The number of carbonyl (C=O) groups excluding carboxylic acids is 1. The minimum Gasteiger partial charge on any atom is -0.449 e. The Hall–Kier alpha value is -1.81. The van der Waals surface area contributed by atoms with Crippen LogP contribution in [0.15, 0.2) is 47.8 Å². The Balaban J connectivity index is 1.63. The molecule has 0 spiro atoms. The standard InChI is InChI=1S/C14H15NO2S/c16-14(15-11-12-5-2-1-3-6-12)17-9-8-13-7-4-10-18-13/h1-7,10H,8-9,11H2,(H,15,16). The van der Waals surface area contributed by atoms with Crippen molar-refractivity contribution in [2.75, 3.05) is 6.61 Å². The van der Waals surface area contributed by atoms with Gasteiger partial charge in [-0.15, -0.1) is 11.3 Å². The SMILES string of the molecule is O=C(NCc1ccccc1)OCCc1cccs1. The van der Waals surface area contributed by atoms with Crippen LogP contribution in [0.1, 0.15) is 10.4 Å². The fourth-order valence-electron chi connectivity index (χ4n) is 1.52. The summed E-state index contributed by atoms with van der Waals surface area (Å²) in [4.78, 5) is 12.6. The van der Waals surface area contributed by atoms with Gasteiger partial charge in [-0.05, 0) is 17.0 Å². The summed E-state index contributed by atoms with van der Waals surface area (Å²) in [5.41, 5.74) is 1.06. The molecular formula is C14H15NO2S. The van der Waals surface area contributed by atoms with E-state index in [1.165, 1.54) is 4.88 Å². The van der Waals surface area contributed by atoms with E-state index in [-0.39, 0.29) is 6.09 Å². The second-order valence-corrected chi connectivity index (χ2v) is 4.84. The van der Waals surface area contributed by atoms with Crippen LogP contribution in [-0.4, -0.2) is 12.7 Å². The average molecular weight is 261 g/mol. The van der Waals surface area contributed by atoms with E-state index in [2.05, 4.69) is 5.32 Å². The summed E-state index contributed by atoms with van der Waals surface area (Å²) in [5, 5.41) is 4.74. The smallest absolute Gasteiger partial charge is 0.407 e. The maximum atomic E-state index is 11.4. The lowest BCUT2D eigenvalue weighted by atomic mass is 10.2. The number of hydrogen-bond acceptors (Lipinski definition) is 3. The molecule has 1 aromatic carbocycles.